The van der Waals surface area contributed by atoms with Crippen LogP contribution in [0.4, 0.5) is 0 Å². The quantitative estimate of drug-likeness (QED) is 0.772. The molecular formula is C10H11NO3. The Bertz CT molecular complexity index is 344. The van der Waals surface area contributed by atoms with Crippen molar-refractivity contribution in [1.29, 1.82) is 5.26 Å². The molecule has 0 unspecified atom stereocenters. The summed E-state index contributed by atoms with van der Waals surface area (Å²) in [5.74, 6) is 1.05. The molecule has 0 heterocycles. The summed E-state index contributed by atoms with van der Waals surface area (Å²) in [4.78, 5) is 0. The van der Waals surface area contributed by atoms with Gasteiger partial charge in [0.15, 0.2) is 0 Å². The molecule has 1 rings (SSSR count). The first-order valence-corrected chi connectivity index (χ1v) is 4.13. The van der Waals surface area contributed by atoms with E-state index in [1.54, 1.807) is 18.2 Å². The van der Waals surface area contributed by atoms with Crippen LogP contribution in [0, 0.1) is 11.3 Å². The Morgan fingerprint density at radius 2 is 2.29 bits per heavy atom. The molecule has 0 saturated carbocycles. The number of methoxy groups -OCH3 is 1. The van der Waals surface area contributed by atoms with E-state index >= 15 is 0 Å². The molecule has 0 saturated heterocycles. The van der Waals surface area contributed by atoms with E-state index in [0.717, 1.165) is 0 Å². The Kier molecular flexibility index (Phi) is 3.77. The Morgan fingerprint density at radius 1 is 1.50 bits per heavy atom. The van der Waals surface area contributed by atoms with Gasteiger partial charge in [0.05, 0.1) is 19.3 Å². The summed E-state index contributed by atoms with van der Waals surface area (Å²) in [5.41, 5.74) is 0.430. The molecule has 4 heteroatoms. The molecule has 0 fully saturated rings. The molecular weight excluding hydrogens is 182 g/mol. The van der Waals surface area contributed by atoms with Crippen molar-refractivity contribution < 1.29 is 14.6 Å². The van der Waals surface area contributed by atoms with E-state index in [4.69, 9.17) is 19.8 Å². The molecule has 1 N–H and O–H groups in total. The molecule has 0 radical (unpaired) electrons. The van der Waals surface area contributed by atoms with Crippen molar-refractivity contribution >= 4 is 0 Å². The number of ether oxygens (including phenoxy) is 2. The van der Waals surface area contributed by atoms with Crippen LogP contribution < -0.4 is 9.47 Å². The Labute approximate surface area is 82.3 Å². The second kappa shape index (κ2) is 5.10. The van der Waals surface area contributed by atoms with Gasteiger partial charge in [-0.15, -0.1) is 0 Å². The molecule has 0 aliphatic rings. The van der Waals surface area contributed by atoms with Gasteiger partial charge in [0, 0.05) is 6.07 Å². The largest absolute Gasteiger partial charge is 0.497 e. The van der Waals surface area contributed by atoms with Gasteiger partial charge in [0.1, 0.15) is 24.2 Å². The molecule has 0 spiro atoms. The van der Waals surface area contributed by atoms with Gasteiger partial charge in [-0.2, -0.15) is 5.26 Å². The number of aliphatic hydroxyl groups excluding tert-OH is 1. The van der Waals surface area contributed by atoms with Crippen LogP contribution in [0.25, 0.3) is 0 Å². The third-order valence-corrected chi connectivity index (χ3v) is 1.66. The average molecular weight is 193 g/mol. The molecule has 0 atom stereocenters. The minimum atomic E-state index is -0.0813. The maximum atomic E-state index is 8.75. The Morgan fingerprint density at radius 3 is 2.86 bits per heavy atom. The van der Waals surface area contributed by atoms with Crippen LogP contribution >= 0.6 is 0 Å². The summed E-state index contributed by atoms with van der Waals surface area (Å²) in [6, 6.07) is 6.91. The third kappa shape index (κ3) is 2.38. The van der Waals surface area contributed by atoms with Crippen molar-refractivity contribution in [2.24, 2.45) is 0 Å². The van der Waals surface area contributed by atoms with E-state index in [1.165, 1.54) is 7.11 Å². The zero-order chi connectivity index (χ0) is 10.4. The third-order valence-electron chi connectivity index (χ3n) is 1.66. The second-order valence-corrected chi connectivity index (χ2v) is 2.55. The van der Waals surface area contributed by atoms with E-state index in [-0.39, 0.29) is 13.2 Å². The maximum absolute atomic E-state index is 8.75. The molecule has 14 heavy (non-hydrogen) atoms. The highest BCUT2D eigenvalue weighted by molar-refractivity contribution is 5.47. The summed E-state index contributed by atoms with van der Waals surface area (Å²) < 4.78 is 10.1. The monoisotopic (exact) mass is 193 g/mol. The molecule has 0 aromatic heterocycles. The maximum Gasteiger partial charge on any atom is 0.140 e. The van der Waals surface area contributed by atoms with Crippen LogP contribution in [0.1, 0.15) is 5.56 Å². The smallest absolute Gasteiger partial charge is 0.140 e. The molecule has 0 aliphatic carbocycles. The van der Waals surface area contributed by atoms with Gasteiger partial charge in [-0.25, -0.2) is 0 Å². The van der Waals surface area contributed by atoms with Gasteiger partial charge in [-0.3, -0.25) is 0 Å². The fourth-order valence-electron chi connectivity index (χ4n) is 0.997. The minimum Gasteiger partial charge on any atom is -0.497 e. The lowest BCUT2D eigenvalue weighted by Crippen LogP contribution is -2.03. The fourth-order valence-corrected chi connectivity index (χ4v) is 0.997. The Balaban J connectivity index is 2.91. The van der Waals surface area contributed by atoms with E-state index in [1.807, 2.05) is 6.07 Å². The first-order chi connectivity index (χ1) is 6.81. The topological polar surface area (TPSA) is 62.5 Å². The zero-order valence-electron chi connectivity index (χ0n) is 7.86. The lowest BCUT2D eigenvalue weighted by molar-refractivity contribution is 0.200. The molecule has 4 nitrogen and oxygen atoms in total. The van der Waals surface area contributed by atoms with Gasteiger partial charge < -0.3 is 14.6 Å². The lowest BCUT2D eigenvalue weighted by atomic mass is 10.2. The molecule has 0 amide bonds. The molecule has 1 aromatic rings. The van der Waals surface area contributed by atoms with Crippen LogP contribution in [0.5, 0.6) is 11.5 Å². The summed E-state index contributed by atoms with van der Waals surface area (Å²) in [6.45, 7) is 0.0872. The SMILES string of the molecule is COc1ccc(C#N)c(OCCO)c1. The van der Waals surface area contributed by atoms with Gasteiger partial charge in [-0.05, 0) is 12.1 Å². The van der Waals surface area contributed by atoms with Crippen LogP contribution in [-0.2, 0) is 0 Å². The van der Waals surface area contributed by atoms with Crippen LogP contribution in [0.2, 0.25) is 0 Å². The number of hydrogen-bond donors (Lipinski definition) is 1. The number of aliphatic hydroxyl groups is 1. The normalized spacial score (nSPS) is 9.21. The van der Waals surface area contributed by atoms with Crippen molar-refractivity contribution in [3.63, 3.8) is 0 Å². The number of rotatable bonds is 4. The highest BCUT2D eigenvalue weighted by atomic mass is 16.5. The van der Waals surface area contributed by atoms with Crippen molar-refractivity contribution in [3.8, 4) is 17.6 Å². The number of benzene rings is 1. The number of nitrogens with zero attached hydrogens (tertiary/aromatic N) is 1. The van der Waals surface area contributed by atoms with Crippen molar-refractivity contribution in [2.75, 3.05) is 20.3 Å². The van der Waals surface area contributed by atoms with Gasteiger partial charge in [0.25, 0.3) is 0 Å². The average Bonchev–Trinajstić information content (AvgIpc) is 2.25. The highest BCUT2D eigenvalue weighted by Gasteiger charge is 2.04. The van der Waals surface area contributed by atoms with E-state index in [2.05, 4.69) is 0 Å². The van der Waals surface area contributed by atoms with Gasteiger partial charge in [0.2, 0.25) is 0 Å². The van der Waals surface area contributed by atoms with E-state index in [9.17, 15) is 0 Å². The molecule has 1 aromatic carbocycles. The Hall–Kier alpha value is -1.73. The summed E-state index contributed by atoms with van der Waals surface area (Å²) in [5, 5.41) is 17.3. The van der Waals surface area contributed by atoms with Gasteiger partial charge >= 0.3 is 0 Å². The van der Waals surface area contributed by atoms with Crippen molar-refractivity contribution in [1.82, 2.24) is 0 Å². The van der Waals surface area contributed by atoms with Crippen LogP contribution in [0.15, 0.2) is 18.2 Å². The number of hydrogen-bond acceptors (Lipinski definition) is 4. The summed E-state index contributed by atoms with van der Waals surface area (Å²) in [6.07, 6.45) is 0. The number of nitriles is 1. The van der Waals surface area contributed by atoms with Gasteiger partial charge in [-0.1, -0.05) is 0 Å². The zero-order valence-corrected chi connectivity index (χ0v) is 7.86. The van der Waals surface area contributed by atoms with Crippen LogP contribution in [0.3, 0.4) is 0 Å². The lowest BCUT2D eigenvalue weighted by Gasteiger charge is -2.07. The fraction of sp³-hybridized carbons (Fsp3) is 0.300. The molecule has 0 bridgehead atoms. The van der Waals surface area contributed by atoms with E-state index < -0.39 is 0 Å². The standard InChI is InChI=1S/C10H11NO3/c1-13-9-3-2-8(7-11)10(6-9)14-5-4-12/h2-3,6,12H,4-5H2,1H3. The summed E-state index contributed by atoms with van der Waals surface area (Å²) >= 11 is 0. The first kappa shape index (κ1) is 10.4. The van der Waals surface area contributed by atoms with Crippen LogP contribution in [-0.4, -0.2) is 25.4 Å². The molecule has 74 valence electrons. The van der Waals surface area contributed by atoms with E-state index in [0.29, 0.717) is 17.1 Å². The molecule has 0 aliphatic heterocycles. The summed E-state index contributed by atoms with van der Waals surface area (Å²) in [7, 11) is 1.54. The second-order valence-electron chi connectivity index (χ2n) is 2.55. The predicted octanol–water partition coefficient (Wildman–Crippen LogP) is 0.938. The highest BCUT2D eigenvalue weighted by Crippen LogP contribution is 2.23. The minimum absolute atomic E-state index is 0.0813. The van der Waals surface area contributed by atoms with Crippen molar-refractivity contribution in [2.45, 2.75) is 0 Å². The first-order valence-electron chi connectivity index (χ1n) is 4.13. The van der Waals surface area contributed by atoms with Crippen molar-refractivity contribution in [3.05, 3.63) is 23.8 Å². The predicted molar refractivity (Wildman–Crippen MR) is 50.3 cm³/mol.